The summed E-state index contributed by atoms with van der Waals surface area (Å²) in [6.07, 6.45) is 7.57. The fourth-order valence-corrected chi connectivity index (χ4v) is 6.47. The van der Waals surface area contributed by atoms with E-state index in [9.17, 15) is 4.79 Å². The number of nitrogen functional groups attached to an aromatic ring is 1. The highest BCUT2D eigenvalue weighted by Gasteiger charge is 2.39. The smallest absolute Gasteiger partial charge is 0.309 e. The Labute approximate surface area is 239 Å². The number of hydrogen-bond acceptors (Lipinski definition) is 7. The van der Waals surface area contributed by atoms with E-state index in [1.165, 1.54) is 0 Å². The van der Waals surface area contributed by atoms with E-state index < -0.39 is 0 Å². The number of fused-ring (bicyclic) bond motifs is 2. The van der Waals surface area contributed by atoms with Gasteiger partial charge in [0.1, 0.15) is 22.9 Å². The van der Waals surface area contributed by atoms with Crippen LogP contribution in [0.5, 0.6) is 0 Å². The molecule has 0 spiro atoms. The third-order valence-corrected chi connectivity index (χ3v) is 8.79. The van der Waals surface area contributed by atoms with Crippen molar-refractivity contribution < 1.29 is 9.53 Å². The number of anilines is 1. The van der Waals surface area contributed by atoms with Gasteiger partial charge in [0.25, 0.3) is 0 Å². The highest BCUT2D eigenvalue weighted by Crippen LogP contribution is 2.43. The van der Waals surface area contributed by atoms with E-state index in [-0.39, 0.29) is 11.9 Å². The first-order chi connectivity index (χ1) is 20.1. The molecule has 3 aromatic heterocycles. The Hall–Kier alpha value is -4.30. The zero-order chi connectivity index (χ0) is 27.9. The van der Waals surface area contributed by atoms with Gasteiger partial charge in [0.15, 0.2) is 0 Å². The van der Waals surface area contributed by atoms with Gasteiger partial charge in [-0.1, -0.05) is 48.5 Å². The predicted molar refractivity (Wildman–Crippen MR) is 160 cm³/mol. The number of piperidine rings is 1. The number of likely N-dealkylation sites (tertiary alicyclic amines) is 1. The maximum Gasteiger partial charge on any atom is 0.309 e. The fraction of sp³-hybridized carbons (Fsp3) is 0.333. The van der Waals surface area contributed by atoms with Crippen molar-refractivity contribution in [1.82, 2.24) is 24.3 Å². The first-order valence-electron chi connectivity index (χ1n) is 14.6. The van der Waals surface area contributed by atoms with Gasteiger partial charge in [-0.3, -0.25) is 9.20 Å². The molecule has 0 amide bonds. The van der Waals surface area contributed by atoms with Crippen LogP contribution in [0.25, 0.3) is 38.9 Å². The average Bonchev–Trinajstić information content (AvgIpc) is 3.37. The van der Waals surface area contributed by atoms with Crippen LogP contribution >= 0.6 is 0 Å². The topological polar surface area (TPSA) is 98.6 Å². The van der Waals surface area contributed by atoms with E-state index in [1.807, 2.05) is 31.3 Å². The van der Waals surface area contributed by atoms with Crippen molar-refractivity contribution in [3.8, 4) is 22.5 Å². The van der Waals surface area contributed by atoms with E-state index >= 15 is 0 Å². The number of nitrogens with zero attached hydrogens (tertiary/aromatic N) is 5. The van der Waals surface area contributed by atoms with Crippen molar-refractivity contribution in [2.75, 3.05) is 25.4 Å². The summed E-state index contributed by atoms with van der Waals surface area (Å²) in [4.78, 5) is 29.3. The molecule has 0 unspecified atom stereocenters. The quantitative estimate of drug-likeness (QED) is 0.272. The third kappa shape index (κ3) is 4.72. The lowest BCUT2D eigenvalue weighted by Gasteiger charge is -2.45. The zero-order valence-electron chi connectivity index (χ0n) is 23.2. The van der Waals surface area contributed by atoms with E-state index in [1.54, 1.807) is 6.20 Å². The molecule has 0 radical (unpaired) electrons. The number of rotatable bonds is 6. The van der Waals surface area contributed by atoms with Gasteiger partial charge in [-0.25, -0.2) is 15.0 Å². The van der Waals surface area contributed by atoms with Gasteiger partial charge in [-0.15, -0.1) is 0 Å². The molecule has 0 bridgehead atoms. The van der Waals surface area contributed by atoms with Crippen molar-refractivity contribution in [3.05, 3.63) is 78.9 Å². The summed E-state index contributed by atoms with van der Waals surface area (Å²) < 4.78 is 7.37. The number of pyridine rings is 1. The predicted octanol–water partition coefficient (Wildman–Crippen LogP) is 5.71. The molecule has 2 aromatic carbocycles. The SMILES string of the molecule is CCOC(=O)C1CCN([C@H]2C[C@@H](c3nc(-c4ccc5ccc(-c6ccccc6)nc5c4)c4c(N)nccn43)C2)CC1. The molecule has 41 heavy (non-hydrogen) atoms. The molecular weight excluding hydrogens is 512 g/mol. The third-order valence-electron chi connectivity index (χ3n) is 8.79. The number of hydrogen-bond donors (Lipinski definition) is 1. The molecule has 2 fully saturated rings. The maximum absolute atomic E-state index is 12.1. The van der Waals surface area contributed by atoms with Gasteiger partial charge in [-0.2, -0.15) is 0 Å². The average molecular weight is 547 g/mol. The normalized spacial score (nSPS) is 19.8. The molecular formula is C33H34N6O2. The summed E-state index contributed by atoms with van der Waals surface area (Å²) in [5, 5.41) is 1.08. The Bertz CT molecular complexity index is 1720. The summed E-state index contributed by atoms with van der Waals surface area (Å²) in [5.74, 6) is 1.85. The molecule has 2 N–H and O–H groups in total. The molecule has 1 saturated heterocycles. The molecule has 4 heterocycles. The van der Waals surface area contributed by atoms with Gasteiger partial charge in [0.2, 0.25) is 0 Å². The Balaban J connectivity index is 1.15. The largest absolute Gasteiger partial charge is 0.466 e. The maximum atomic E-state index is 12.1. The monoisotopic (exact) mass is 546 g/mol. The van der Waals surface area contributed by atoms with Crippen molar-refractivity contribution in [1.29, 1.82) is 0 Å². The van der Waals surface area contributed by atoms with Gasteiger partial charge in [0, 0.05) is 40.9 Å². The summed E-state index contributed by atoms with van der Waals surface area (Å²) in [5.41, 5.74) is 12.1. The van der Waals surface area contributed by atoms with Crippen LogP contribution in [-0.4, -0.2) is 56.0 Å². The van der Waals surface area contributed by atoms with Crippen LogP contribution in [0.1, 0.15) is 44.3 Å². The summed E-state index contributed by atoms with van der Waals surface area (Å²) in [6.45, 7) is 4.21. The van der Waals surface area contributed by atoms with Crippen LogP contribution in [0.2, 0.25) is 0 Å². The molecule has 0 atom stereocenters. The van der Waals surface area contributed by atoms with Crippen LogP contribution < -0.4 is 5.73 Å². The van der Waals surface area contributed by atoms with Gasteiger partial charge >= 0.3 is 5.97 Å². The van der Waals surface area contributed by atoms with Crippen LogP contribution in [0.4, 0.5) is 5.82 Å². The summed E-state index contributed by atoms with van der Waals surface area (Å²) in [7, 11) is 0. The van der Waals surface area contributed by atoms with E-state index in [0.29, 0.717) is 24.4 Å². The Morgan fingerprint density at radius 2 is 1.78 bits per heavy atom. The van der Waals surface area contributed by atoms with Crippen LogP contribution in [-0.2, 0) is 9.53 Å². The second-order valence-electron chi connectivity index (χ2n) is 11.2. The van der Waals surface area contributed by atoms with Crippen molar-refractivity contribution >= 4 is 28.2 Å². The highest BCUT2D eigenvalue weighted by molar-refractivity contribution is 5.91. The minimum absolute atomic E-state index is 0.0385. The Morgan fingerprint density at radius 3 is 2.56 bits per heavy atom. The number of ether oxygens (including phenoxy) is 1. The van der Waals surface area contributed by atoms with E-state index in [2.05, 4.69) is 56.7 Å². The van der Waals surface area contributed by atoms with Crippen LogP contribution in [0.3, 0.4) is 0 Å². The molecule has 1 saturated carbocycles. The lowest BCUT2D eigenvalue weighted by Crippen LogP contribution is -2.48. The lowest BCUT2D eigenvalue weighted by atomic mass is 9.77. The molecule has 208 valence electrons. The molecule has 2 aliphatic rings. The second-order valence-corrected chi connectivity index (χ2v) is 11.2. The number of nitrogens with two attached hydrogens (primary N) is 1. The van der Waals surface area contributed by atoms with Crippen LogP contribution in [0.15, 0.2) is 73.1 Å². The number of carbonyl (C=O) groups excluding carboxylic acids is 1. The molecule has 5 aromatic rings. The zero-order valence-corrected chi connectivity index (χ0v) is 23.2. The van der Waals surface area contributed by atoms with Gasteiger partial charge < -0.3 is 15.4 Å². The van der Waals surface area contributed by atoms with Gasteiger partial charge in [-0.05, 0) is 57.8 Å². The Morgan fingerprint density at radius 1 is 1.00 bits per heavy atom. The minimum atomic E-state index is -0.0404. The number of aromatic nitrogens is 4. The second kappa shape index (κ2) is 10.6. The minimum Gasteiger partial charge on any atom is -0.466 e. The molecule has 8 nitrogen and oxygen atoms in total. The number of imidazole rings is 1. The van der Waals surface area contributed by atoms with Crippen molar-refractivity contribution in [2.24, 2.45) is 5.92 Å². The fourth-order valence-electron chi connectivity index (χ4n) is 6.47. The van der Waals surface area contributed by atoms with Gasteiger partial charge in [0.05, 0.1) is 23.7 Å². The molecule has 7 rings (SSSR count). The van der Waals surface area contributed by atoms with Crippen LogP contribution in [0, 0.1) is 5.92 Å². The number of benzene rings is 2. The molecule has 8 heteroatoms. The standard InChI is InChI=1S/C33H34N6O2/c1-2-41-33(40)23-12-15-38(16-13-23)26-18-25(19-26)32-37-29(30-31(34)35-14-17-39(30)32)24-9-8-22-10-11-27(36-28(22)20-24)21-6-4-3-5-7-21/h3-11,14,17,20,23,25-26H,2,12-13,15-16,18-19H2,1H3,(H2,34,35)/t25-,26+. The summed E-state index contributed by atoms with van der Waals surface area (Å²) in [6, 6.07) is 21.2. The number of carbonyl (C=O) groups is 1. The molecule has 1 aliphatic heterocycles. The van der Waals surface area contributed by atoms with Crippen molar-refractivity contribution in [3.63, 3.8) is 0 Å². The first-order valence-corrected chi connectivity index (χ1v) is 14.6. The highest BCUT2D eigenvalue weighted by atomic mass is 16.5. The van der Waals surface area contributed by atoms with E-state index in [4.69, 9.17) is 20.4 Å². The number of esters is 1. The Kier molecular flexibility index (Phi) is 6.63. The molecule has 1 aliphatic carbocycles. The summed E-state index contributed by atoms with van der Waals surface area (Å²) >= 11 is 0. The van der Waals surface area contributed by atoms with Crippen molar-refractivity contribution in [2.45, 2.75) is 44.6 Å². The van der Waals surface area contributed by atoms with E-state index in [0.717, 1.165) is 83.5 Å². The lowest BCUT2D eigenvalue weighted by molar-refractivity contribution is -0.150. The first kappa shape index (κ1) is 25.7.